The summed E-state index contributed by atoms with van der Waals surface area (Å²) in [6, 6.07) is 13.2. The first-order chi connectivity index (χ1) is 17.4. The van der Waals surface area contributed by atoms with Crippen LogP contribution in [0.25, 0.3) is 0 Å². The fourth-order valence-electron chi connectivity index (χ4n) is 3.19. The molecule has 0 aliphatic rings. The van der Waals surface area contributed by atoms with Crippen LogP contribution in [0.1, 0.15) is 46.4 Å². The van der Waals surface area contributed by atoms with Crippen molar-refractivity contribution in [3.05, 3.63) is 59.7 Å². The Morgan fingerprint density at radius 3 is 1.47 bits per heavy atom. The lowest BCUT2D eigenvalue weighted by Gasteiger charge is -2.10. The van der Waals surface area contributed by atoms with Gasteiger partial charge in [0.15, 0.2) is 0 Å². The van der Waals surface area contributed by atoms with Crippen molar-refractivity contribution < 1.29 is 28.7 Å². The lowest BCUT2D eigenvalue weighted by Crippen LogP contribution is -2.25. The predicted octanol–water partition coefficient (Wildman–Crippen LogP) is 2.58. The number of carbonyl (C=O) groups excluding carboxylic acids is 4. The minimum absolute atomic E-state index is 0.0427. The summed E-state index contributed by atoms with van der Waals surface area (Å²) in [5.41, 5.74) is 1.78. The molecule has 0 radical (unpaired) electrons. The van der Waals surface area contributed by atoms with E-state index in [2.05, 4.69) is 21.3 Å². The summed E-state index contributed by atoms with van der Waals surface area (Å²) in [6.07, 6.45) is 1.32. The highest BCUT2D eigenvalue weighted by molar-refractivity contribution is 6.00. The number of nitrogens with one attached hydrogen (secondary N) is 4. The fraction of sp³-hybridized carbons (Fsp3) is 0.385. The lowest BCUT2D eigenvalue weighted by molar-refractivity contribution is -0.121. The van der Waals surface area contributed by atoms with Crippen molar-refractivity contribution in [2.75, 3.05) is 51.2 Å². The standard InChI is InChI=1S/C26H34N4O6/c1-35-15-5-13-27-25(33)19-7-3-9-21(17-19)29-23(31)11-12-24(32)30-22-10-4-8-20(18-22)26(34)28-14-6-16-36-2/h3-4,7-10,17-18H,5-6,11-16H2,1-2H3,(H,27,33)(H,28,34)(H,29,31)(H,30,32). The van der Waals surface area contributed by atoms with Gasteiger partial charge in [0.2, 0.25) is 11.8 Å². The molecule has 10 nitrogen and oxygen atoms in total. The summed E-state index contributed by atoms with van der Waals surface area (Å²) in [4.78, 5) is 49.1. The minimum Gasteiger partial charge on any atom is -0.385 e. The molecule has 36 heavy (non-hydrogen) atoms. The number of ether oxygens (including phenoxy) is 2. The summed E-state index contributed by atoms with van der Waals surface area (Å²) < 4.78 is 9.91. The quantitative estimate of drug-likeness (QED) is 0.279. The van der Waals surface area contributed by atoms with Crippen molar-refractivity contribution in [1.82, 2.24) is 10.6 Å². The number of hydrogen-bond donors (Lipinski definition) is 4. The minimum atomic E-state index is -0.355. The third-order valence-corrected chi connectivity index (χ3v) is 5.02. The van der Waals surface area contributed by atoms with E-state index in [0.717, 1.165) is 0 Å². The molecule has 0 saturated carbocycles. The number of methoxy groups -OCH3 is 2. The normalized spacial score (nSPS) is 10.4. The number of anilines is 2. The molecular weight excluding hydrogens is 464 g/mol. The summed E-state index contributed by atoms with van der Waals surface area (Å²) in [5, 5.41) is 11.0. The second kappa shape index (κ2) is 16.0. The molecule has 2 aromatic carbocycles. The Kier molecular flexibility index (Phi) is 12.7. The van der Waals surface area contributed by atoms with E-state index in [0.29, 0.717) is 61.6 Å². The third-order valence-electron chi connectivity index (χ3n) is 5.02. The molecule has 10 heteroatoms. The van der Waals surface area contributed by atoms with E-state index < -0.39 is 0 Å². The number of benzene rings is 2. The highest BCUT2D eigenvalue weighted by atomic mass is 16.5. The maximum atomic E-state index is 12.3. The van der Waals surface area contributed by atoms with Crippen LogP contribution in [0.3, 0.4) is 0 Å². The van der Waals surface area contributed by atoms with Gasteiger partial charge in [-0.25, -0.2) is 0 Å². The van der Waals surface area contributed by atoms with Gasteiger partial charge in [-0.1, -0.05) is 12.1 Å². The monoisotopic (exact) mass is 498 g/mol. The van der Waals surface area contributed by atoms with Crippen molar-refractivity contribution in [2.45, 2.75) is 25.7 Å². The molecule has 0 heterocycles. The summed E-state index contributed by atoms with van der Waals surface area (Å²) in [6.45, 7) is 2.08. The average Bonchev–Trinajstić information content (AvgIpc) is 2.88. The van der Waals surface area contributed by atoms with E-state index in [1.165, 1.54) is 0 Å². The van der Waals surface area contributed by atoms with Gasteiger partial charge in [-0.3, -0.25) is 19.2 Å². The van der Waals surface area contributed by atoms with Gasteiger partial charge in [-0.15, -0.1) is 0 Å². The number of carbonyl (C=O) groups is 4. The molecular formula is C26H34N4O6. The second-order valence-electron chi connectivity index (χ2n) is 7.96. The molecule has 0 saturated heterocycles. The molecule has 4 amide bonds. The van der Waals surface area contributed by atoms with Gasteiger partial charge in [-0.2, -0.15) is 0 Å². The van der Waals surface area contributed by atoms with Gasteiger partial charge in [0, 0.05) is 75.9 Å². The number of rotatable bonds is 15. The van der Waals surface area contributed by atoms with Crippen molar-refractivity contribution in [3.8, 4) is 0 Å². The van der Waals surface area contributed by atoms with Crippen LogP contribution in [-0.4, -0.2) is 64.2 Å². The largest absolute Gasteiger partial charge is 0.385 e. The van der Waals surface area contributed by atoms with E-state index in [-0.39, 0.29) is 36.5 Å². The molecule has 4 N–H and O–H groups in total. The Balaban J connectivity index is 1.79. The van der Waals surface area contributed by atoms with Crippen LogP contribution in [0.15, 0.2) is 48.5 Å². The molecule has 0 aliphatic heterocycles. The first kappa shape index (κ1) is 28.5. The molecule has 0 aromatic heterocycles. The van der Waals surface area contributed by atoms with E-state index >= 15 is 0 Å². The van der Waals surface area contributed by atoms with Crippen LogP contribution in [0, 0.1) is 0 Å². The molecule has 0 fully saturated rings. The Labute approximate surface area is 211 Å². The van der Waals surface area contributed by atoms with Crippen molar-refractivity contribution >= 4 is 35.0 Å². The van der Waals surface area contributed by atoms with Gasteiger partial charge < -0.3 is 30.7 Å². The Morgan fingerprint density at radius 1 is 0.667 bits per heavy atom. The Morgan fingerprint density at radius 2 is 1.08 bits per heavy atom. The maximum absolute atomic E-state index is 12.3. The van der Waals surface area contributed by atoms with Gasteiger partial charge in [0.1, 0.15) is 0 Å². The molecule has 2 aromatic rings. The summed E-state index contributed by atoms with van der Waals surface area (Å²) >= 11 is 0. The number of hydrogen-bond acceptors (Lipinski definition) is 6. The Hall–Kier alpha value is -3.76. The molecule has 194 valence electrons. The van der Waals surface area contributed by atoms with Gasteiger partial charge in [0.25, 0.3) is 11.8 Å². The van der Waals surface area contributed by atoms with Crippen molar-refractivity contribution in [3.63, 3.8) is 0 Å². The van der Waals surface area contributed by atoms with Crippen LogP contribution in [0.4, 0.5) is 11.4 Å². The Bertz CT molecular complexity index is 945. The van der Waals surface area contributed by atoms with Gasteiger partial charge in [-0.05, 0) is 49.2 Å². The third kappa shape index (κ3) is 10.7. The van der Waals surface area contributed by atoms with Crippen molar-refractivity contribution in [2.24, 2.45) is 0 Å². The van der Waals surface area contributed by atoms with Gasteiger partial charge >= 0.3 is 0 Å². The van der Waals surface area contributed by atoms with Crippen molar-refractivity contribution in [1.29, 1.82) is 0 Å². The van der Waals surface area contributed by atoms with E-state index in [4.69, 9.17) is 9.47 Å². The zero-order chi connectivity index (χ0) is 26.2. The van der Waals surface area contributed by atoms with Crippen LogP contribution in [0.5, 0.6) is 0 Å². The average molecular weight is 499 g/mol. The first-order valence-electron chi connectivity index (χ1n) is 11.8. The molecule has 0 spiro atoms. The molecule has 0 unspecified atom stereocenters. The fourth-order valence-corrected chi connectivity index (χ4v) is 3.19. The second-order valence-corrected chi connectivity index (χ2v) is 7.96. The smallest absolute Gasteiger partial charge is 0.251 e. The van der Waals surface area contributed by atoms with Crippen LogP contribution < -0.4 is 21.3 Å². The SMILES string of the molecule is COCCCNC(=O)c1cccc(NC(=O)CCC(=O)Nc2cccc(C(=O)NCCCOC)c2)c1. The lowest BCUT2D eigenvalue weighted by atomic mass is 10.1. The van der Waals surface area contributed by atoms with Crippen LogP contribution in [0.2, 0.25) is 0 Å². The molecule has 0 aliphatic carbocycles. The highest BCUT2D eigenvalue weighted by Crippen LogP contribution is 2.13. The van der Waals surface area contributed by atoms with Gasteiger partial charge in [0.05, 0.1) is 0 Å². The molecule has 2 rings (SSSR count). The number of amides is 4. The zero-order valence-electron chi connectivity index (χ0n) is 20.7. The summed E-state index contributed by atoms with van der Waals surface area (Å²) in [7, 11) is 3.20. The van der Waals surface area contributed by atoms with Crippen LogP contribution in [-0.2, 0) is 19.1 Å². The topological polar surface area (TPSA) is 135 Å². The predicted molar refractivity (Wildman–Crippen MR) is 137 cm³/mol. The van der Waals surface area contributed by atoms with E-state index in [1.54, 1.807) is 62.8 Å². The molecule has 0 atom stereocenters. The molecule has 0 bridgehead atoms. The summed E-state index contributed by atoms with van der Waals surface area (Å²) in [5.74, 6) is -1.20. The van der Waals surface area contributed by atoms with E-state index in [1.807, 2.05) is 0 Å². The maximum Gasteiger partial charge on any atom is 0.251 e. The zero-order valence-corrected chi connectivity index (χ0v) is 20.7. The van der Waals surface area contributed by atoms with Crippen LogP contribution >= 0.6 is 0 Å². The first-order valence-corrected chi connectivity index (χ1v) is 11.8. The van der Waals surface area contributed by atoms with E-state index in [9.17, 15) is 19.2 Å². The highest BCUT2D eigenvalue weighted by Gasteiger charge is 2.11.